The summed E-state index contributed by atoms with van der Waals surface area (Å²) < 4.78 is 0. The Balaban J connectivity index is 1.71. The normalized spacial score (nSPS) is 14.2. The van der Waals surface area contributed by atoms with Gasteiger partial charge in [-0.2, -0.15) is 0 Å². The highest BCUT2D eigenvalue weighted by atomic mass is 16.1. The monoisotopic (exact) mass is 235 g/mol. The quantitative estimate of drug-likeness (QED) is 0.673. The first-order valence-corrected chi connectivity index (χ1v) is 5.81. The number of carbonyl (C=O) groups excluding carboxylic acids is 1. The highest BCUT2D eigenvalue weighted by molar-refractivity contribution is 5.77. The number of nitrogens with zero attached hydrogens (tertiary/aromatic N) is 2. The predicted molar refractivity (Wildman–Crippen MR) is 65.9 cm³/mol. The van der Waals surface area contributed by atoms with Crippen molar-refractivity contribution in [1.82, 2.24) is 15.3 Å². The Labute approximate surface area is 100 Å². The van der Waals surface area contributed by atoms with E-state index in [0.717, 1.165) is 24.5 Å². The van der Waals surface area contributed by atoms with Crippen LogP contribution in [0.1, 0.15) is 19.3 Å². The molecule has 0 saturated heterocycles. The molecule has 6 nitrogen and oxygen atoms in total. The summed E-state index contributed by atoms with van der Waals surface area (Å²) in [6, 6.07) is 2.23. The van der Waals surface area contributed by atoms with Crippen LogP contribution in [0.5, 0.6) is 0 Å². The number of nitrogens with one attached hydrogen (secondary N) is 3. The first kappa shape index (κ1) is 11.6. The number of amides is 1. The molecule has 1 aromatic rings. The molecule has 6 heteroatoms. The van der Waals surface area contributed by atoms with Gasteiger partial charge in [0, 0.05) is 32.1 Å². The van der Waals surface area contributed by atoms with Crippen molar-refractivity contribution in [2.75, 3.05) is 24.2 Å². The molecule has 0 spiro atoms. The predicted octanol–water partition coefficient (Wildman–Crippen LogP) is 0.599. The Morgan fingerprint density at radius 1 is 1.41 bits per heavy atom. The molecule has 1 aliphatic carbocycles. The summed E-state index contributed by atoms with van der Waals surface area (Å²) in [5, 5.41) is 8.96. The third-order valence-corrected chi connectivity index (χ3v) is 2.52. The maximum absolute atomic E-state index is 11.4. The molecule has 0 aromatic carbocycles. The zero-order chi connectivity index (χ0) is 12.1. The van der Waals surface area contributed by atoms with Crippen molar-refractivity contribution in [3.05, 3.63) is 12.4 Å². The number of aromatic nitrogens is 2. The van der Waals surface area contributed by atoms with Gasteiger partial charge in [0.25, 0.3) is 0 Å². The minimum Gasteiger partial charge on any atom is -0.373 e. The van der Waals surface area contributed by atoms with Crippen LogP contribution in [0.3, 0.4) is 0 Å². The van der Waals surface area contributed by atoms with Crippen LogP contribution in [-0.2, 0) is 4.79 Å². The van der Waals surface area contributed by atoms with Gasteiger partial charge in [0.05, 0.1) is 0 Å². The molecule has 0 atom stereocenters. The first-order valence-electron chi connectivity index (χ1n) is 5.81. The fourth-order valence-corrected chi connectivity index (χ4v) is 1.42. The molecule has 0 radical (unpaired) electrons. The van der Waals surface area contributed by atoms with Crippen LogP contribution in [0.15, 0.2) is 12.4 Å². The van der Waals surface area contributed by atoms with E-state index in [-0.39, 0.29) is 5.91 Å². The lowest BCUT2D eigenvalue weighted by Crippen LogP contribution is -2.27. The van der Waals surface area contributed by atoms with Crippen molar-refractivity contribution in [3.8, 4) is 0 Å². The molecule has 0 unspecified atom stereocenters. The van der Waals surface area contributed by atoms with Crippen LogP contribution in [0, 0.1) is 0 Å². The fourth-order valence-electron chi connectivity index (χ4n) is 1.42. The fraction of sp³-hybridized carbons (Fsp3) is 0.545. The Bertz CT molecular complexity index is 391. The van der Waals surface area contributed by atoms with Crippen LogP contribution < -0.4 is 16.0 Å². The molecule has 1 aromatic heterocycles. The molecular weight excluding hydrogens is 218 g/mol. The van der Waals surface area contributed by atoms with Gasteiger partial charge in [-0.3, -0.25) is 4.79 Å². The molecule has 1 heterocycles. The molecule has 3 N–H and O–H groups in total. The van der Waals surface area contributed by atoms with E-state index < -0.39 is 0 Å². The van der Waals surface area contributed by atoms with Gasteiger partial charge < -0.3 is 16.0 Å². The molecular formula is C11H17N5O. The van der Waals surface area contributed by atoms with Gasteiger partial charge in [0.2, 0.25) is 5.91 Å². The first-order chi connectivity index (χ1) is 8.28. The van der Waals surface area contributed by atoms with Crippen LogP contribution in [-0.4, -0.2) is 35.5 Å². The summed E-state index contributed by atoms with van der Waals surface area (Å²) in [6.07, 6.45) is 4.20. The van der Waals surface area contributed by atoms with E-state index in [2.05, 4.69) is 25.9 Å². The lowest BCUT2D eigenvalue weighted by Gasteiger charge is -2.06. The number of anilines is 2. The van der Waals surface area contributed by atoms with Crippen molar-refractivity contribution in [1.29, 1.82) is 0 Å². The second-order valence-corrected chi connectivity index (χ2v) is 4.06. The van der Waals surface area contributed by atoms with E-state index in [0.29, 0.717) is 19.0 Å². The van der Waals surface area contributed by atoms with Gasteiger partial charge in [-0.05, 0) is 12.8 Å². The molecule has 0 aliphatic heterocycles. The lowest BCUT2D eigenvalue weighted by atomic mass is 10.4. The van der Waals surface area contributed by atoms with Gasteiger partial charge in [0.15, 0.2) is 0 Å². The molecule has 1 amide bonds. The average Bonchev–Trinajstić information content (AvgIpc) is 3.13. The average molecular weight is 235 g/mol. The van der Waals surface area contributed by atoms with Crippen molar-refractivity contribution < 1.29 is 4.79 Å². The molecule has 1 fully saturated rings. The van der Waals surface area contributed by atoms with E-state index in [1.165, 1.54) is 6.33 Å². The zero-order valence-corrected chi connectivity index (χ0v) is 9.86. The third kappa shape index (κ3) is 3.90. The minimum absolute atomic E-state index is 0.0999. The summed E-state index contributed by atoms with van der Waals surface area (Å²) in [7, 11) is 1.80. The standard InChI is InChI=1S/C11H17N5O/c1-12-9-6-10(15-7-14-9)13-5-4-11(17)16-8-2-3-8/h6-8H,2-5H2,1H3,(H,16,17)(H2,12,13,14,15). The molecule has 92 valence electrons. The van der Waals surface area contributed by atoms with E-state index in [1.807, 2.05) is 0 Å². The number of hydrogen-bond acceptors (Lipinski definition) is 5. The molecule has 17 heavy (non-hydrogen) atoms. The van der Waals surface area contributed by atoms with Gasteiger partial charge in [0.1, 0.15) is 18.0 Å². The minimum atomic E-state index is 0.0999. The number of rotatable bonds is 6. The second kappa shape index (κ2) is 5.47. The highest BCUT2D eigenvalue weighted by Gasteiger charge is 2.22. The largest absolute Gasteiger partial charge is 0.373 e. The van der Waals surface area contributed by atoms with Crippen LogP contribution in [0.4, 0.5) is 11.6 Å². The van der Waals surface area contributed by atoms with Gasteiger partial charge in [-0.1, -0.05) is 0 Å². The Kier molecular flexibility index (Phi) is 3.74. The lowest BCUT2D eigenvalue weighted by molar-refractivity contribution is -0.120. The van der Waals surface area contributed by atoms with Crippen LogP contribution in [0.2, 0.25) is 0 Å². The van der Waals surface area contributed by atoms with Gasteiger partial charge >= 0.3 is 0 Å². The Morgan fingerprint density at radius 3 is 2.88 bits per heavy atom. The highest BCUT2D eigenvalue weighted by Crippen LogP contribution is 2.18. The third-order valence-electron chi connectivity index (χ3n) is 2.52. The molecule has 2 rings (SSSR count). The summed E-state index contributed by atoms with van der Waals surface area (Å²) in [6.45, 7) is 0.582. The maximum Gasteiger partial charge on any atom is 0.221 e. The van der Waals surface area contributed by atoms with Crippen LogP contribution in [0.25, 0.3) is 0 Å². The molecule has 1 saturated carbocycles. The summed E-state index contributed by atoms with van der Waals surface area (Å²) in [5.74, 6) is 1.58. The smallest absolute Gasteiger partial charge is 0.221 e. The second-order valence-electron chi connectivity index (χ2n) is 4.06. The van der Waals surface area contributed by atoms with Gasteiger partial charge in [-0.25, -0.2) is 9.97 Å². The summed E-state index contributed by atoms with van der Waals surface area (Å²) in [4.78, 5) is 19.5. The van der Waals surface area contributed by atoms with E-state index in [9.17, 15) is 4.79 Å². The number of hydrogen-bond donors (Lipinski definition) is 3. The van der Waals surface area contributed by atoms with Crippen molar-refractivity contribution >= 4 is 17.5 Å². The van der Waals surface area contributed by atoms with Crippen LogP contribution >= 0.6 is 0 Å². The zero-order valence-electron chi connectivity index (χ0n) is 9.86. The maximum atomic E-state index is 11.4. The van der Waals surface area contributed by atoms with Gasteiger partial charge in [-0.15, -0.1) is 0 Å². The van der Waals surface area contributed by atoms with E-state index >= 15 is 0 Å². The summed E-state index contributed by atoms with van der Waals surface area (Å²) in [5.41, 5.74) is 0. The van der Waals surface area contributed by atoms with E-state index in [1.54, 1.807) is 13.1 Å². The SMILES string of the molecule is CNc1cc(NCCC(=O)NC2CC2)ncn1. The Morgan fingerprint density at radius 2 is 2.18 bits per heavy atom. The van der Waals surface area contributed by atoms with Crippen molar-refractivity contribution in [2.24, 2.45) is 0 Å². The molecule has 1 aliphatic rings. The molecule has 0 bridgehead atoms. The Hall–Kier alpha value is -1.85. The summed E-state index contributed by atoms with van der Waals surface area (Å²) >= 11 is 0. The van der Waals surface area contributed by atoms with Crippen molar-refractivity contribution in [3.63, 3.8) is 0 Å². The van der Waals surface area contributed by atoms with E-state index in [4.69, 9.17) is 0 Å². The topological polar surface area (TPSA) is 78.9 Å². The number of carbonyl (C=O) groups is 1. The van der Waals surface area contributed by atoms with Crippen molar-refractivity contribution in [2.45, 2.75) is 25.3 Å².